The fourth-order valence-electron chi connectivity index (χ4n) is 2.99. The Kier molecular flexibility index (Phi) is 6.14. The summed E-state index contributed by atoms with van der Waals surface area (Å²) in [5.41, 5.74) is 1.74. The molecule has 0 spiro atoms. The molecule has 5 heteroatoms. The van der Waals surface area contributed by atoms with E-state index in [1.165, 1.54) is 10.5 Å². The van der Waals surface area contributed by atoms with Crippen LogP contribution in [0.3, 0.4) is 0 Å². The van der Waals surface area contributed by atoms with Gasteiger partial charge in [-0.2, -0.15) is 0 Å². The molecule has 0 aromatic heterocycles. The van der Waals surface area contributed by atoms with Crippen molar-refractivity contribution in [3.05, 3.63) is 75.8 Å². The van der Waals surface area contributed by atoms with Gasteiger partial charge >= 0.3 is 0 Å². The van der Waals surface area contributed by atoms with Crippen molar-refractivity contribution in [3.63, 3.8) is 0 Å². The van der Waals surface area contributed by atoms with Gasteiger partial charge in [0.25, 0.3) is 5.91 Å². The third-order valence-electron chi connectivity index (χ3n) is 4.44. The monoisotopic (exact) mass is 375 g/mol. The molecule has 0 aliphatic carbocycles. The second-order valence-electron chi connectivity index (χ2n) is 6.18. The fraction of sp³-hybridized carbons (Fsp3) is 0.250. The van der Waals surface area contributed by atoms with E-state index in [1.54, 1.807) is 18.2 Å². The van der Waals surface area contributed by atoms with Crippen LogP contribution in [0.5, 0.6) is 0 Å². The van der Waals surface area contributed by atoms with Gasteiger partial charge in [-0.15, -0.1) is 0 Å². The van der Waals surface area contributed by atoms with Crippen molar-refractivity contribution in [2.45, 2.75) is 0 Å². The number of quaternary nitrogens is 1. The summed E-state index contributed by atoms with van der Waals surface area (Å²) in [6, 6.07) is 15.3. The quantitative estimate of drug-likeness (QED) is 0.872. The van der Waals surface area contributed by atoms with Crippen LogP contribution in [0.25, 0.3) is 6.08 Å². The Morgan fingerprint density at radius 3 is 2.48 bits per heavy atom. The van der Waals surface area contributed by atoms with E-state index in [-0.39, 0.29) is 5.91 Å². The molecule has 1 saturated heterocycles. The molecule has 1 aliphatic heterocycles. The zero-order valence-electron chi connectivity index (χ0n) is 13.9. The molecule has 2 aromatic carbocycles. The van der Waals surface area contributed by atoms with Crippen LogP contribution in [0.4, 0.5) is 0 Å². The van der Waals surface area contributed by atoms with Crippen molar-refractivity contribution in [3.8, 4) is 0 Å². The van der Waals surface area contributed by atoms with Crippen molar-refractivity contribution in [2.24, 2.45) is 0 Å². The Balaban J connectivity index is 1.51. The lowest BCUT2D eigenvalue weighted by Crippen LogP contribution is -3.14. The third-order valence-corrected chi connectivity index (χ3v) is 4.98. The molecular weight excluding hydrogens is 355 g/mol. The van der Waals surface area contributed by atoms with Crippen LogP contribution in [0.15, 0.2) is 54.6 Å². The number of nitrogens with zero attached hydrogens (tertiary/aromatic N) is 1. The highest BCUT2D eigenvalue weighted by Gasteiger charge is 2.25. The maximum atomic E-state index is 12.6. The molecule has 3 rings (SSSR count). The highest BCUT2D eigenvalue weighted by Crippen LogP contribution is 2.22. The van der Waals surface area contributed by atoms with Gasteiger partial charge in [0.2, 0.25) is 0 Å². The Bertz CT molecular complexity index is 754. The predicted molar refractivity (Wildman–Crippen MR) is 103 cm³/mol. The molecule has 0 saturated carbocycles. The molecule has 25 heavy (non-hydrogen) atoms. The first-order valence-electron chi connectivity index (χ1n) is 8.43. The molecule has 0 atom stereocenters. The first-order chi connectivity index (χ1) is 12.1. The van der Waals surface area contributed by atoms with E-state index in [0.717, 1.165) is 32.7 Å². The molecule has 0 radical (unpaired) electrons. The van der Waals surface area contributed by atoms with Crippen molar-refractivity contribution >= 4 is 35.2 Å². The van der Waals surface area contributed by atoms with E-state index < -0.39 is 0 Å². The molecule has 0 bridgehead atoms. The number of hydrogen-bond acceptors (Lipinski definition) is 1. The van der Waals surface area contributed by atoms with E-state index >= 15 is 0 Å². The maximum absolute atomic E-state index is 12.6. The van der Waals surface area contributed by atoms with E-state index in [1.807, 2.05) is 23.1 Å². The van der Waals surface area contributed by atoms with E-state index in [0.29, 0.717) is 15.6 Å². The van der Waals surface area contributed by atoms with Crippen LogP contribution in [0.2, 0.25) is 10.0 Å². The highest BCUT2D eigenvalue weighted by atomic mass is 35.5. The molecule has 3 nitrogen and oxygen atoms in total. The largest absolute Gasteiger partial charge is 0.329 e. The SMILES string of the molecule is O=C(c1ccc(Cl)cc1Cl)N1CC[NH+](C/C=C/c2ccccc2)CC1. The lowest BCUT2D eigenvalue weighted by Gasteiger charge is -2.32. The molecule has 1 N–H and O–H groups in total. The summed E-state index contributed by atoms with van der Waals surface area (Å²) in [6.07, 6.45) is 4.36. The number of carbonyl (C=O) groups excluding carboxylic acids is 1. The Morgan fingerprint density at radius 1 is 1.08 bits per heavy atom. The van der Waals surface area contributed by atoms with Crippen molar-refractivity contribution < 1.29 is 9.69 Å². The van der Waals surface area contributed by atoms with E-state index in [4.69, 9.17) is 23.2 Å². The average Bonchev–Trinajstić information content (AvgIpc) is 2.63. The first-order valence-corrected chi connectivity index (χ1v) is 9.18. The minimum absolute atomic E-state index is 0.0134. The van der Waals surface area contributed by atoms with Gasteiger partial charge in [0.15, 0.2) is 0 Å². The van der Waals surface area contributed by atoms with Gasteiger partial charge < -0.3 is 9.80 Å². The normalized spacial score (nSPS) is 15.7. The van der Waals surface area contributed by atoms with Gasteiger partial charge in [0.1, 0.15) is 0 Å². The number of halogens is 2. The molecule has 130 valence electrons. The third kappa shape index (κ3) is 4.85. The van der Waals surface area contributed by atoms with Crippen LogP contribution in [-0.4, -0.2) is 43.5 Å². The summed E-state index contributed by atoms with van der Waals surface area (Å²) < 4.78 is 0. The van der Waals surface area contributed by atoms with Crippen LogP contribution in [0.1, 0.15) is 15.9 Å². The summed E-state index contributed by atoms with van der Waals surface area (Å²) in [6.45, 7) is 4.34. The molecule has 2 aromatic rings. The highest BCUT2D eigenvalue weighted by molar-refractivity contribution is 6.36. The number of hydrogen-bond donors (Lipinski definition) is 1. The predicted octanol–water partition coefficient (Wildman–Crippen LogP) is 3.05. The van der Waals surface area contributed by atoms with Gasteiger partial charge in [-0.05, 0) is 29.8 Å². The molecule has 1 fully saturated rings. The number of amides is 1. The summed E-state index contributed by atoms with van der Waals surface area (Å²) in [4.78, 5) is 16.0. The van der Waals surface area contributed by atoms with Gasteiger partial charge in [0.05, 0.1) is 43.3 Å². The van der Waals surface area contributed by atoms with Crippen molar-refractivity contribution in [1.82, 2.24) is 4.90 Å². The van der Waals surface area contributed by atoms with E-state index in [9.17, 15) is 4.79 Å². The van der Waals surface area contributed by atoms with Gasteiger partial charge in [-0.3, -0.25) is 4.79 Å². The van der Waals surface area contributed by atoms with Crippen LogP contribution < -0.4 is 4.90 Å². The van der Waals surface area contributed by atoms with Crippen molar-refractivity contribution in [1.29, 1.82) is 0 Å². The zero-order chi connectivity index (χ0) is 17.6. The standard InChI is InChI=1S/C20H20Cl2N2O/c21-17-8-9-18(19(22)15-17)20(25)24-13-11-23(12-14-24)10-4-7-16-5-2-1-3-6-16/h1-9,15H,10-14H2/p+1/b7-4+. The maximum Gasteiger partial charge on any atom is 0.255 e. The van der Waals surface area contributed by atoms with Crippen LogP contribution >= 0.6 is 23.2 Å². The van der Waals surface area contributed by atoms with Gasteiger partial charge in [-0.1, -0.05) is 59.6 Å². The molecule has 1 heterocycles. The average molecular weight is 376 g/mol. The molecule has 1 amide bonds. The van der Waals surface area contributed by atoms with Crippen LogP contribution in [0, 0.1) is 0 Å². The Labute approximate surface area is 158 Å². The summed E-state index contributed by atoms with van der Waals surface area (Å²) >= 11 is 12.1. The minimum atomic E-state index is -0.0134. The molecule has 1 aliphatic rings. The number of rotatable bonds is 4. The number of nitrogens with one attached hydrogen (secondary N) is 1. The second kappa shape index (κ2) is 8.52. The second-order valence-corrected chi connectivity index (χ2v) is 7.03. The Hall–Kier alpha value is -1.81. The van der Waals surface area contributed by atoms with Gasteiger partial charge in [0, 0.05) is 5.02 Å². The smallest absolute Gasteiger partial charge is 0.255 e. The number of piperazine rings is 1. The van der Waals surface area contributed by atoms with E-state index in [2.05, 4.69) is 24.3 Å². The number of benzene rings is 2. The summed E-state index contributed by atoms with van der Waals surface area (Å²) in [7, 11) is 0. The van der Waals surface area contributed by atoms with Crippen LogP contribution in [-0.2, 0) is 0 Å². The Morgan fingerprint density at radius 2 is 1.80 bits per heavy atom. The summed E-state index contributed by atoms with van der Waals surface area (Å²) in [5.74, 6) is -0.0134. The van der Waals surface area contributed by atoms with Gasteiger partial charge in [-0.25, -0.2) is 0 Å². The first kappa shape index (κ1) is 18.0. The van der Waals surface area contributed by atoms with Crippen molar-refractivity contribution in [2.75, 3.05) is 32.7 Å². The number of carbonyl (C=O) groups is 1. The topological polar surface area (TPSA) is 24.8 Å². The lowest BCUT2D eigenvalue weighted by molar-refractivity contribution is -0.898. The zero-order valence-corrected chi connectivity index (χ0v) is 15.4. The minimum Gasteiger partial charge on any atom is -0.329 e. The molecular formula is C20H21Cl2N2O+. The lowest BCUT2D eigenvalue weighted by atomic mass is 10.1. The molecule has 0 unspecified atom stereocenters. The summed E-state index contributed by atoms with van der Waals surface area (Å²) in [5, 5.41) is 0.957. The fourth-order valence-corrected chi connectivity index (χ4v) is 3.48.